The largest absolute Gasteiger partial charge is 0.329 e. The third-order valence-electron chi connectivity index (χ3n) is 3.27. The van der Waals surface area contributed by atoms with Crippen LogP contribution in [-0.2, 0) is 6.54 Å². The molecular weight excluding hydrogens is 203 g/mol. The summed E-state index contributed by atoms with van der Waals surface area (Å²) in [7, 11) is 0. The van der Waals surface area contributed by atoms with Gasteiger partial charge in [0.15, 0.2) is 0 Å². The molecule has 0 aromatic heterocycles. The second-order valence-electron chi connectivity index (χ2n) is 5.39. The number of benzene rings is 1. The Bertz CT molecular complexity index is 395. The maximum absolute atomic E-state index is 13.2. The van der Waals surface area contributed by atoms with Crippen LogP contribution in [0, 0.1) is 5.82 Å². The van der Waals surface area contributed by atoms with Crippen molar-refractivity contribution in [1.82, 2.24) is 4.90 Å². The lowest BCUT2D eigenvalue weighted by molar-refractivity contribution is 0.0948. The Morgan fingerprint density at radius 2 is 2.12 bits per heavy atom. The first-order chi connectivity index (χ1) is 7.43. The van der Waals surface area contributed by atoms with Gasteiger partial charge in [0, 0.05) is 24.7 Å². The fraction of sp³-hybridized carbons (Fsp3) is 0.538. The standard InChI is InChI=1S/C13H19FN2/c1-13(2,3)16-8-9-4-5-10(14)6-11(9)12(16)7-15/h4-6,12H,7-8,15H2,1-3H3. The van der Waals surface area contributed by atoms with E-state index in [-0.39, 0.29) is 17.4 Å². The fourth-order valence-electron chi connectivity index (χ4n) is 2.44. The average molecular weight is 222 g/mol. The molecule has 1 aromatic carbocycles. The number of halogens is 1. The Morgan fingerprint density at radius 1 is 1.44 bits per heavy atom. The van der Waals surface area contributed by atoms with Gasteiger partial charge in [0.25, 0.3) is 0 Å². The van der Waals surface area contributed by atoms with Gasteiger partial charge in [-0.25, -0.2) is 4.39 Å². The van der Waals surface area contributed by atoms with Crippen LogP contribution >= 0.6 is 0 Å². The maximum atomic E-state index is 13.2. The fourth-order valence-corrected chi connectivity index (χ4v) is 2.44. The highest BCUT2D eigenvalue weighted by Crippen LogP contribution is 2.38. The topological polar surface area (TPSA) is 29.3 Å². The average Bonchev–Trinajstić information content (AvgIpc) is 2.54. The summed E-state index contributed by atoms with van der Waals surface area (Å²) in [4.78, 5) is 2.33. The van der Waals surface area contributed by atoms with Crippen LogP contribution in [-0.4, -0.2) is 17.0 Å². The van der Waals surface area contributed by atoms with Gasteiger partial charge >= 0.3 is 0 Å². The zero-order valence-corrected chi connectivity index (χ0v) is 10.1. The van der Waals surface area contributed by atoms with E-state index in [9.17, 15) is 4.39 Å². The molecule has 0 fully saturated rings. The lowest BCUT2D eigenvalue weighted by atomic mass is 10.0. The third-order valence-corrected chi connectivity index (χ3v) is 3.27. The molecule has 0 radical (unpaired) electrons. The van der Waals surface area contributed by atoms with Crippen LogP contribution in [0.15, 0.2) is 18.2 Å². The smallest absolute Gasteiger partial charge is 0.123 e. The predicted molar refractivity (Wildman–Crippen MR) is 63.5 cm³/mol. The SMILES string of the molecule is CC(C)(C)N1Cc2ccc(F)cc2C1CN. The quantitative estimate of drug-likeness (QED) is 0.790. The van der Waals surface area contributed by atoms with Crippen LogP contribution in [0.2, 0.25) is 0 Å². The molecule has 16 heavy (non-hydrogen) atoms. The van der Waals surface area contributed by atoms with Crippen molar-refractivity contribution in [1.29, 1.82) is 0 Å². The van der Waals surface area contributed by atoms with Gasteiger partial charge in [0.2, 0.25) is 0 Å². The molecule has 0 amide bonds. The van der Waals surface area contributed by atoms with Gasteiger partial charge in [-0.05, 0) is 44.0 Å². The molecule has 1 atom stereocenters. The molecule has 1 unspecified atom stereocenters. The molecular formula is C13H19FN2. The van der Waals surface area contributed by atoms with Crippen molar-refractivity contribution >= 4 is 0 Å². The summed E-state index contributed by atoms with van der Waals surface area (Å²) in [6.45, 7) is 7.89. The lowest BCUT2D eigenvalue weighted by Gasteiger charge is -2.36. The summed E-state index contributed by atoms with van der Waals surface area (Å²) < 4.78 is 13.2. The van der Waals surface area contributed by atoms with E-state index in [1.54, 1.807) is 6.07 Å². The summed E-state index contributed by atoms with van der Waals surface area (Å²) in [6.07, 6.45) is 0. The number of nitrogens with zero attached hydrogens (tertiary/aromatic N) is 1. The molecule has 2 nitrogen and oxygen atoms in total. The number of nitrogens with two attached hydrogens (primary N) is 1. The molecule has 3 heteroatoms. The van der Waals surface area contributed by atoms with Crippen molar-refractivity contribution in [2.45, 2.75) is 38.9 Å². The monoisotopic (exact) mass is 222 g/mol. The highest BCUT2D eigenvalue weighted by molar-refractivity contribution is 5.35. The van der Waals surface area contributed by atoms with Crippen LogP contribution < -0.4 is 5.73 Å². The number of fused-ring (bicyclic) bond motifs is 1. The van der Waals surface area contributed by atoms with E-state index >= 15 is 0 Å². The normalized spacial score (nSPS) is 21.2. The van der Waals surface area contributed by atoms with Crippen molar-refractivity contribution in [3.05, 3.63) is 35.1 Å². The Balaban J connectivity index is 2.41. The lowest BCUT2D eigenvalue weighted by Crippen LogP contribution is -2.42. The second kappa shape index (κ2) is 3.82. The molecule has 0 aliphatic carbocycles. The molecule has 1 aliphatic heterocycles. The first kappa shape index (κ1) is 11.6. The zero-order valence-electron chi connectivity index (χ0n) is 10.1. The van der Waals surface area contributed by atoms with Crippen molar-refractivity contribution in [2.75, 3.05) is 6.54 Å². The Labute approximate surface area is 96.2 Å². The van der Waals surface area contributed by atoms with Gasteiger partial charge in [0.1, 0.15) is 5.82 Å². The summed E-state index contributed by atoms with van der Waals surface area (Å²) in [5.41, 5.74) is 8.13. The Kier molecular flexibility index (Phi) is 2.76. The van der Waals surface area contributed by atoms with E-state index in [2.05, 4.69) is 25.7 Å². The number of hydrogen-bond acceptors (Lipinski definition) is 2. The number of hydrogen-bond donors (Lipinski definition) is 1. The summed E-state index contributed by atoms with van der Waals surface area (Å²) in [6, 6.07) is 5.17. The molecule has 1 heterocycles. The van der Waals surface area contributed by atoms with E-state index in [0.717, 1.165) is 12.1 Å². The number of rotatable bonds is 1. The molecule has 1 aromatic rings. The molecule has 0 spiro atoms. The first-order valence-electron chi connectivity index (χ1n) is 5.68. The van der Waals surface area contributed by atoms with E-state index in [4.69, 9.17) is 5.73 Å². The van der Waals surface area contributed by atoms with Gasteiger partial charge in [-0.3, -0.25) is 4.90 Å². The second-order valence-corrected chi connectivity index (χ2v) is 5.39. The molecule has 2 rings (SSSR count). The predicted octanol–water partition coefficient (Wildman–Crippen LogP) is 2.44. The van der Waals surface area contributed by atoms with Gasteiger partial charge in [0.05, 0.1) is 0 Å². The van der Waals surface area contributed by atoms with Crippen LogP contribution in [0.4, 0.5) is 4.39 Å². The van der Waals surface area contributed by atoms with E-state index < -0.39 is 0 Å². The van der Waals surface area contributed by atoms with Gasteiger partial charge in [-0.1, -0.05) is 6.07 Å². The van der Waals surface area contributed by atoms with Gasteiger partial charge in [-0.15, -0.1) is 0 Å². The third kappa shape index (κ3) is 1.85. The molecule has 0 bridgehead atoms. The highest BCUT2D eigenvalue weighted by Gasteiger charge is 2.35. The van der Waals surface area contributed by atoms with Crippen LogP contribution in [0.25, 0.3) is 0 Å². The van der Waals surface area contributed by atoms with Gasteiger partial charge < -0.3 is 5.73 Å². The van der Waals surface area contributed by atoms with Crippen molar-refractivity contribution in [3.8, 4) is 0 Å². The van der Waals surface area contributed by atoms with Crippen LogP contribution in [0.1, 0.15) is 37.9 Å². The minimum absolute atomic E-state index is 0.0551. The van der Waals surface area contributed by atoms with E-state index in [1.807, 2.05) is 6.07 Å². The summed E-state index contributed by atoms with van der Waals surface area (Å²) in [5.74, 6) is -0.173. The van der Waals surface area contributed by atoms with E-state index in [1.165, 1.54) is 11.6 Å². The van der Waals surface area contributed by atoms with Gasteiger partial charge in [-0.2, -0.15) is 0 Å². The maximum Gasteiger partial charge on any atom is 0.123 e. The van der Waals surface area contributed by atoms with Crippen molar-refractivity contribution in [3.63, 3.8) is 0 Å². The van der Waals surface area contributed by atoms with Crippen LogP contribution in [0.3, 0.4) is 0 Å². The minimum atomic E-state index is -0.173. The Hall–Kier alpha value is -0.930. The van der Waals surface area contributed by atoms with Crippen molar-refractivity contribution < 1.29 is 4.39 Å². The molecule has 88 valence electrons. The van der Waals surface area contributed by atoms with Crippen molar-refractivity contribution in [2.24, 2.45) is 5.73 Å². The van der Waals surface area contributed by atoms with E-state index in [0.29, 0.717) is 6.54 Å². The molecule has 1 aliphatic rings. The highest BCUT2D eigenvalue weighted by atomic mass is 19.1. The Morgan fingerprint density at radius 3 is 2.69 bits per heavy atom. The zero-order chi connectivity index (χ0) is 11.9. The molecule has 0 saturated carbocycles. The molecule has 0 saturated heterocycles. The molecule has 2 N–H and O–H groups in total. The summed E-state index contributed by atoms with van der Waals surface area (Å²) in [5, 5.41) is 0. The van der Waals surface area contributed by atoms with Crippen LogP contribution in [0.5, 0.6) is 0 Å². The minimum Gasteiger partial charge on any atom is -0.329 e. The summed E-state index contributed by atoms with van der Waals surface area (Å²) >= 11 is 0. The first-order valence-corrected chi connectivity index (χ1v) is 5.68.